The molecule has 2 aromatic rings. The number of para-hydroxylation sites is 2. The number of benzene rings is 2. The molecule has 0 spiro atoms. The molecule has 0 saturated carbocycles. The number of thioether (sulfide) groups is 1. The number of sulfone groups is 1. The van der Waals surface area contributed by atoms with Crippen molar-refractivity contribution < 1.29 is 17.9 Å². The lowest BCUT2D eigenvalue weighted by molar-refractivity contribution is 0.414. The van der Waals surface area contributed by atoms with Crippen LogP contribution in [0, 0.1) is 0 Å². The van der Waals surface area contributed by atoms with Crippen LogP contribution in [0.1, 0.15) is 5.56 Å². The van der Waals surface area contributed by atoms with Crippen LogP contribution < -0.4 is 14.4 Å². The third-order valence-electron chi connectivity index (χ3n) is 4.98. The highest BCUT2D eigenvalue weighted by Crippen LogP contribution is 2.39. The van der Waals surface area contributed by atoms with Gasteiger partial charge in [0.15, 0.2) is 15.0 Å². The Morgan fingerprint density at radius 3 is 2.54 bits per heavy atom. The Balaban J connectivity index is 1.61. The second kappa shape index (κ2) is 7.67. The highest BCUT2D eigenvalue weighted by atomic mass is 32.2. The topological polar surface area (TPSA) is 68.2 Å². The fourth-order valence-corrected chi connectivity index (χ4v) is 6.53. The van der Waals surface area contributed by atoms with E-state index in [1.54, 1.807) is 26.0 Å². The van der Waals surface area contributed by atoms with Gasteiger partial charge in [-0.05, 0) is 29.8 Å². The summed E-state index contributed by atoms with van der Waals surface area (Å²) in [4.78, 5) is 6.82. The predicted octanol–water partition coefficient (Wildman–Crippen LogP) is 2.98. The Morgan fingerprint density at radius 2 is 1.82 bits per heavy atom. The summed E-state index contributed by atoms with van der Waals surface area (Å²) >= 11 is 1.61. The van der Waals surface area contributed by atoms with Gasteiger partial charge in [-0.3, -0.25) is 4.99 Å². The lowest BCUT2D eigenvalue weighted by Gasteiger charge is -2.27. The molecule has 2 aromatic carbocycles. The molecule has 2 atom stereocenters. The van der Waals surface area contributed by atoms with Crippen LogP contribution in [0.15, 0.2) is 53.5 Å². The summed E-state index contributed by atoms with van der Waals surface area (Å²) in [7, 11) is 0.195. The number of methoxy groups -OCH3 is 2. The first-order valence-electron chi connectivity index (χ1n) is 8.97. The van der Waals surface area contributed by atoms with Crippen molar-refractivity contribution in [2.45, 2.75) is 17.8 Å². The zero-order chi connectivity index (χ0) is 19.7. The summed E-state index contributed by atoms with van der Waals surface area (Å²) in [6.45, 7) is 0. The molecule has 1 fully saturated rings. The molecule has 2 aliphatic rings. The zero-order valence-electron chi connectivity index (χ0n) is 15.7. The van der Waals surface area contributed by atoms with E-state index in [2.05, 4.69) is 0 Å². The summed E-state index contributed by atoms with van der Waals surface area (Å²) in [5.41, 5.74) is 2.01. The van der Waals surface area contributed by atoms with Crippen molar-refractivity contribution in [3.8, 4) is 11.5 Å². The lowest BCUT2D eigenvalue weighted by Crippen LogP contribution is -2.39. The molecule has 0 aromatic heterocycles. The molecule has 0 amide bonds. The minimum absolute atomic E-state index is 0.107. The van der Waals surface area contributed by atoms with Gasteiger partial charge >= 0.3 is 0 Å². The van der Waals surface area contributed by atoms with E-state index in [-0.39, 0.29) is 23.6 Å². The highest BCUT2D eigenvalue weighted by Gasteiger charge is 2.47. The molecule has 0 bridgehead atoms. The Kier molecular flexibility index (Phi) is 5.25. The molecular formula is C20H22N2O4S2. The van der Waals surface area contributed by atoms with Crippen LogP contribution in [-0.2, 0) is 15.6 Å². The first-order chi connectivity index (χ1) is 13.5. The van der Waals surface area contributed by atoms with Crippen molar-refractivity contribution in [3.63, 3.8) is 0 Å². The van der Waals surface area contributed by atoms with Crippen LogP contribution in [0.5, 0.6) is 11.5 Å². The minimum Gasteiger partial charge on any atom is -0.497 e. The Morgan fingerprint density at radius 1 is 1.07 bits per heavy atom. The summed E-state index contributed by atoms with van der Waals surface area (Å²) in [5.74, 6) is 2.50. The number of fused-ring (bicyclic) bond motifs is 1. The van der Waals surface area contributed by atoms with Gasteiger partial charge in [-0.25, -0.2) is 8.42 Å². The average molecular weight is 419 g/mol. The SMILES string of the molecule is COc1ccc(CSC2=N[C@H]3CS(=O)(=O)C[C@H]3N2c2ccccc2OC)cc1. The number of amidine groups is 1. The first kappa shape index (κ1) is 19.1. The van der Waals surface area contributed by atoms with Crippen molar-refractivity contribution >= 4 is 32.5 Å². The fourth-order valence-electron chi connectivity index (χ4n) is 3.61. The Hall–Kier alpha value is -2.19. The van der Waals surface area contributed by atoms with Crippen LogP contribution >= 0.6 is 11.8 Å². The smallest absolute Gasteiger partial charge is 0.164 e. The maximum atomic E-state index is 12.2. The first-order valence-corrected chi connectivity index (χ1v) is 11.8. The summed E-state index contributed by atoms with van der Waals surface area (Å²) in [5, 5.41) is 0.838. The standard InChI is InChI=1S/C20H22N2O4S2/c1-25-15-9-7-14(8-10-15)11-27-20-21-16-12-28(23,24)13-18(16)22(20)17-5-3-4-6-19(17)26-2/h3-10,16,18H,11-13H2,1-2H3/t16-,18+/m0/s1. The van der Waals surface area contributed by atoms with Crippen molar-refractivity contribution in [2.24, 2.45) is 4.99 Å². The van der Waals surface area contributed by atoms with Gasteiger partial charge in [0, 0.05) is 5.75 Å². The van der Waals surface area contributed by atoms with E-state index in [0.29, 0.717) is 5.75 Å². The number of ether oxygens (including phenoxy) is 2. The normalized spacial score (nSPS) is 22.6. The number of nitrogens with zero attached hydrogens (tertiary/aromatic N) is 2. The molecule has 148 valence electrons. The molecule has 2 heterocycles. The van der Waals surface area contributed by atoms with Crippen molar-refractivity contribution in [1.29, 1.82) is 0 Å². The van der Waals surface area contributed by atoms with Crippen LogP contribution in [0.3, 0.4) is 0 Å². The van der Waals surface area contributed by atoms with Crippen LogP contribution in [0.25, 0.3) is 0 Å². The fraction of sp³-hybridized carbons (Fsp3) is 0.350. The third kappa shape index (κ3) is 3.71. The molecule has 8 heteroatoms. The minimum atomic E-state index is -3.08. The van der Waals surface area contributed by atoms with Gasteiger partial charge in [0.1, 0.15) is 11.5 Å². The third-order valence-corrected chi connectivity index (χ3v) is 7.72. The molecule has 4 rings (SSSR count). The van der Waals surface area contributed by atoms with Gasteiger partial charge in [0.2, 0.25) is 0 Å². The van der Waals surface area contributed by atoms with E-state index in [9.17, 15) is 8.42 Å². The Labute approximate surface area is 169 Å². The summed E-state index contributed by atoms with van der Waals surface area (Å²) in [6.07, 6.45) is 0. The predicted molar refractivity (Wildman–Crippen MR) is 113 cm³/mol. The van der Waals surface area contributed by atoms with Gasteiger partial charge in [0.05, 0.1) is 43.5 Å². The van der Waals surface area contributed by atoms with Crippen LogP contribution in [0.4, 0.5) is 5.69 Å². The van der Waals surface area contributed by atoms with Crippen molar-refractivity contribution in [3.05, 3.63) is 54.1 Å². The van der Waals surface area contributed by atoms with E-state index < -0.39 is 9.84 Å². The number of rotatable bonds is 5. The number of hydrogen-bond acceptors (Lipinski definition) is 7. The quantitative estimate of drug-likeness (QED) is 0.744. The maximum absolute atomic E-state index is 12.2. The Bertz CT molecular complexity index is 990. The molecule has 0 radical (unpaired) electrons. The summed E-state index contributed by atoms with van der Waals surface area (Å²) < 4.78 is 35.1. The number of hydrogen-bond donors (Lipinski definition) is 0. The van der Waals surface area contributed by atoms with Crippen LogP contribution in [-0.4, -0.2) is 51.4 Å². The molecule has 6 nitrogen and oxygen atoms in total. The average Bonchev–Trinajstić information content (AvgIpc) is 3.17. The van der Waals surface area contributed by atoms with E-state index in [1.165, 1.54) is 0 Å². The highest BCUT2D eigenvalue weighted by molar-refractivity contribution is 8.13. The second-order valence-electron chi connectivity index (χ2n) is 6.80. The molecule has 2 aliphatic heterocycles. The van der Waals surface area contributed by atoms with Crippen molar-refractivity contribution in [1.82, 2.24) is 0 Å². The van der Waals surface area contributed by atoms with E-state index in [1.807, 2.05) is 53.4 Å². The molecule has 0 aliphatic carbocycles. The van der Waals surface area contributed by atoms with Gasteiger partial charge < -0.3 is 14.4 Å². The molecule has 28 heavy (non-hydrogen) atoms. The molecular weight excluding hydrogens is 396 g/mol. The number of aliphatic imine (C=N–C) groups is 1. The number of anilines is 1. The van der Waals surface area contributed by atoms with Gasteiger partial charge in [-0.2, -0.15) is 0 Å². The maximum Gasteiger partial charge on any atom is 0.164 e. The molecule has 0 N–H and O–H groups in total. The van der Waals surface area contributed by atoms with E-state index in [0.717, 1.165) is 27.9 Å². The monoisotopic (exact) mass is 418 g/mol. The molecule has 0 unspecified atom stereocenters. The van der Waals surface area contributed by atoms with Gasteiger partial charge in [-0.15, -0.1) is 0 Å². The largest absolute Gasteiger partial charge is 0.497 e. The second-order valence-corrected chi connectivity index (χ2v) is 9.90. The van der Waals surface area contributed by atoms with Crippen molar-refractivity contribution in [2.75, 3.05) is 30.6 Å². The van der Waals surface area contributed by atoms with E-state index >= 15 is 0 Å². The lowest BCUT2D eigenvalue weighted by atomic mass is 10.1. The van der Waals surface area contributed by atoms with Crippen LogP contribution in [0.2, 0.25) is 0 Å². The van der Waals surface area contributed by atoms with Gasteiger partial charge in [-0.1, -0.05) is 36.0 Å². The van der Waals surface area contributed by atoms with Gasteiger partial charge in [0.25, 0.3) is 0 Å². The zero-order valence-corrected chi connectivity index (χ0v) is 17.4. The van der Waals surface area contributed by atoms with E-state index in [4.69, 9.17) is 14.5 Å². The summed E-state index contributed by atoms with van der Waals surface area (Å²) in [6, 6.07) is 15.2. The molecule has 1 saturated heterocycles.